The molecule has 0 unspecified atom stereocenters. The van der Waals surface area contributed by atoms with E-state index < -0.39 is 0 Å². The van der Waals surface area contributed by atoms with Gasteiger partial charge in [0.05, 0.1) is 6.04 Å². The van der Waals surface area contributed by atoms with Crippen LogP contribution in [0, 0.1) is 5.92 Å². The lowest BCUT2D eigenvalue weighted by Crippen LogP contribution is -2.49. The van der Waals surface area contributed by atoms with Crippen molar-refractivity contribution in [1.82, 2.24) is 28.9 Å². The van der Waals surface area contributed by atoms with Gasteiger partial charge < -0.3 is 9.80 Å². The Morgan fingerprint density at radius 3 is 3.00 bits per heavy atom. The molecule has 9 heteroatoms. The standard InChI is InChI=1S/C15H18N6O2S/c22-14(8-20-10-16-9-17-20)21-4-1-2-11-6-19(7-13(11)21)15(23)12-3-5-24-18-12/h3,5,9-11,13H,1-2,4,6-8H2/t11-,13+/m0/s1. The summed E-state index contributed by atoms with van der Waals surface area (Å²) in [7, 11) is 0. The molecule has 2 aromatic rings. The van der Waals surface area contributed by atoms with Crippen molar-refractivity contribution in [3.05, 3.63) is 29.8 Å². The fraction of sp³-hybridized carbons (Fsp3) is 0.533. The molecule has 4 rings (SSSR count). The molecule has 2 aliphatic heterocycles. The zero-order valence-corrected chi connectivity index (χ0v) is 13.9. The number of likely N-dealkylation sites (tertiary alicyclic amines) is 2. The summed E-state index contributed by atoms with van der Waals surface area (Å²) >= 11 is 1.28. The first-order chi connectivity index (χ1) is 11.7. The van der Waals surface area contributed by atoms with Gasteiger partial charge in [0.15, 0.2) is 0 Å². The number of amides is 2. The average Bonchev–Trinajstić information content (AvgIpc) is 3.33. The van der Waals surface area contributed by atoms with E-state index in [4.69, 9.17) is 0 Å². The molecule has 24 heavy (non-hydrogen) atoms. The summed E-state index contributed by atoms with van der Waals surface area (Å²) in [6.45, 7) is 2.23. The molecule has 0 aromatic carbocycles. The first-order valence-electron chi connectivity index (χ1n) is 8.04. The zero-order chi connectivity index (χ0) is 16.5. The van der Waals surface area contributed by atoms with Crippen molar-refractivity contribution in [2.45, 2.75) is 25.4 Å². The minimum Gasteiger partial charge on any atom is -0.336 e. The van der Waals surface area contributed by atoms with Crippen LogP contribution in [0.3, 0.4) is 0 Å². The Labute approximate surface area is 143 Å². The minimum absolute atomic E-state index is 0.0330. The Hall–Kier alpha value is -2.29. The van der Waals surface area contributed by atoms with Gasteiger partial charge >= 0.3 is 0 Å². The Balaban J connectivity index is 1.46. The van der Waals surface area contributed by atoms with E-state index >= 15 is 0 Å². The monoisotopic (exact) mass is 346 g/mol. The zero-order valence-electron chi connectivity index (χ0n) is 13.1. The lowest BCUT2D eigenvalue weighted by molar-refractivity contribution is -0.136. The van der Waals surface area contributed by atoms with Crippen LogP contribution in [0.1, 0.15) is 23.3 Å². The topological polar surface area (TPSA) is 84.2 Å². The fourth-order valence-electron chi connectivity index (χ4n) is 3.68. The number of aromatic nitrogens is 4. The molecule has 4 heterocycles. The molecule has 0 saturated carbocycles. The highest BCUT2D eigenvalue weighted by Crippen LogP contribution is 2.31. The van der Waals surface area contributed by atoms with Crippen molar-refractivity contribution in [2.75, 3.05) is 19.6 Å². The number of hydrogen-bond acceptors (Lipinski definition) is 6. The molecule has 126 valence electrons. The lowest BCUT2D eigenvalue weighted by Gasteiger charge is -2.36. The first kappa shape index (κ1) is 15.3. The summed E-state index contributed by atoms with van der Waals surface area (Å²) in [6, 6.07) is 1.85. The molecule has 2 saturated heterocycles. The lowest BCUT2D eigenvalue weighted by atomic mass is 9.92. The Morgan fingerprint density at radius 2 is 2.25 bits per heavy atom. The molecule has 0 N–H and O–H groups in total. The molecule has 0 bridgehead atoms. The maximum atomic E-state index is 12.6. The Bertz CT molecular complexity index is 716. The molecule has 0 spiro atoms. The molecule has 2 fully saturated rings. The SMILES string of the molecule is O=C(c1ccsn1)N1C[C@@H]2CCCN(C(=O)Cn3cncn3)[C@@H]2C1. The smallest absolute Gasteiger partial charge is 0.273 e. The van der Waals surface area contributed by atoms with Crippen LogP contribution in [0.4, 0.5) is 0 Å². The molecular weight excluding hydrogens is 328 g/mol. The summed E-state index contributed by atoms with van der Waals surface area (Å²) in [5.74, 6) is 0.355. The molecule has 2 aromatic heterocycles. The summed E-state index contributed by atoms with van der Waals surface area (Å²) in [5, 5.41) is 5.81. The second-order valence-electron chi connectivity index (χ2n) is 6.24. The van der Waals surface area contributed by atoms with Crippen molar-refractivity contribution in [2.24, 2.45) is 5.92 Å². The van der Waals surface area contributed by atoms with Gasteiger partial charge in [-0.1, -0.05) is 0 Å². The third-order valence-corrected chi connectivity index (χ3v) is 5.37. The molecule has 2 atom stereocenters. The highest BCUT2D eigenvalue weighted by atomic mass is 32.1. The summed E-state index contributed by atoms with van der Waals surface area (Å²) in [4.78, 5) is 32.8. The van der Waals surface area contributed by atoms with E-state index in [1.807, 2.05) is 15.2 Å². The minimum atomic E-state index is -0.0330. The van der Waals surface area contributed by atoms with Crippen LogP contribution < -0.4 is 0 Å². The maximum Gasteiger partial charge on any atom is 0.273 e. The van der Waals surface area contributed by atoms with Crippen molar-refractivity contribution >= 4 is 23.3 Å². The largest absolute Gasteiger partial charge is 0.336 e. The summed E-state index contributed by atoms with van der Waals surface area (Å²) < 4.78 is 5.67. The van der Waals surface area contributed by atoms with E-state index in [9.17, 15) is 9.59 Å². The fourth-order valence-corrected chi connectivity index (χ4v) is 4.19. The molecule has 0 aliphatic carbocycles. The van der Waals surface area contributed by atoms with Crippen molar-refractivity contribution in [3.8, 4) is 0 Å². The van der Waals surface area contributed by atoms with Crippen LogP contribution in [-0.2, 0) is 11.3 Å². The van der Waals surface area contributed by atoms with Gasteiger partial charge in [-0.25, -0.2) is 9.67 Å². The Morgan fingerprint density at radius 1 is 1.33 bits per heavy atom. The molecular formula is C15H18N6O2S. The van der Waals surface area contributed by atoms with Gasteiger partial charge in [0.25, 0.3) is 5.91 Å². The van der Waals surface area contributed by atoms with Crippen LogP contribution in [0.5, 0.6) is 0 Å². The van der Waals surface area contributed by atoms with Gasteiger partial charge in [-0.2, -0.15) is 9.47 Å². The van der Waals surface area contributed by atoms with Gasteiger partial charge in [0.2, 0.25) is 5.91 Å². The second kappa shape index (κ2) is 6.31. The first-order valence-corrected chi connectivity index (χ1v) is 8.87. The summed E-state index contributed by atoms with van der Waals surface area (Å²) in [5.41, 5.74) is 0.499. The summed E-state index contributed by atoms with van der Waals surface area (Å²) in [6.07, 6.45) is 5.00. The predicted octanol–water partition coefficient (Wildman–Crippen LogP) is 0.498. The molecule has 0 radical (unpaired) electrons. The van der Waals surface area contributed by atoms with Crippen LogP contribution in [0.2, 0.25) is 0 Å². The number of rotatable bonds is 3. The van der Waals surface area contributed by atoms with Gasteiger partial charge in [0.1, 0.15) is 24.9 Å². The number of carbonyl (C=O) groups is 2. The highest BCUT2D eigenvalue weighted by Gasteiger charge is 2.42. The second-order valence-corrected chi connectivity index (χ2v) is 6.91. The van der Waals surface area contributed by atoms with Gasteiger partial charge in [0, 0.05) is 25.0 Å². The van der Waals surface area contributed by atoms with Crippen molar-refractivity contribution in [3.63, 3.8) is 0 Å². The quantitative estimate of drug-likeness (QED) is 0.808. The van der Waals surface area contributed by atoms with E-state index in [2.05, 4.69) is 14.5 Å². The van der Waals surface area contributed by atoms with Crippen LogP contribution in [0.25, 0.3) is 0 Å². The van der Waals surface area contributed by atoms with Gasteiger partial charge in [-0.15, -0.1) is 0 Å². The third-order valence-electron chi connectivity index (χ3n) is 4.81. The van der Waals surface area contributed by atoms with Gasteiger partial charge in [-0.3, -0.25) is 9.59 Å². The van der Waals surface area contributed by atoms with Crippen molar-refractivity contribution < 1.29 is 9.59 Å². The van der Waals surface area contributed by atoms with E-state index in [-0.39, 0.29) is 24.4 Å². The van der Waals surface area contributed by atoms with Gasteiger partial charge in [-0.05, 0) is 36.4 Å². The van der Waals surface area contributed by atoms with E-state index in [0.29, 0.717) is 24.7 Å². The number of carbonyl (C=O) groups excluding carboxylic acids is 2. The van der Waals surface area contributed by atoms with Crippen LogP contribution >= 0.6 is 11.5 Å². The number of hydrogen-bond donors (Lipinski definition) is 0. The molecule has 2 aliphatic rings. The maximum absolute atomic E-state index is 12.6. The third kappa shape index (κ3) is 2.79. The number of piperidine rings is 1. The number of nitrogens with zero attached hydrogens (tertiary/aromatic N) is 6. The number of fused-ring (bicyclic) bond motifs is 1. The average molecular weight is 346 g/mol. The predicted molar refractivity (Wildman–Crippen MR) is 86.3 cm³/mol. The van der Waals surface area contributed by atoms with Crippen molar-refractivity contribution in [1.29, 1.82) is 0 Å². The van der Waals surface area contributed by atoms with Crippen LogP contribution in [-0.4, -0.2) is 66.4 Å². The molecule has 2 amide bonds. The van der Waals surface area contributed by atoms with E-state index in [0.717, 1.165) is 19.4 Å². The van der Waals surface area contributed by atoms with E-state index in [1.54, 1.807) is 17.1 Å². The molecule has 8 nitrogen and oxygen atoms in total. The normalized spacial score (nSPS) is 23.3. The van der Waals surface area contributed by atoms with E-state index in [1.165, 1.54) is 17.9 Å². The highest BCUT2D eigenvalue weighted by molar-refractivity contribution is 7.03. The Kier molecular flexibility index (Phi) is 4.01. The van der Waals surface area contributed by atoms with Crippen LogP contribution in [0.15, 0.2) is 24.1 Å².